The number of Topliss-reactive ketones (excluding diaryl/α,β-unsaturated/α-hetero) is 6. The maximum absolute atomic E-state index is 14.8. The Labute approximate surface area is 421 Å². The van der Waals surface area contributed by atoms with Gasteiger partial charge in [-0.2, -0.15) is 0 Å². The molecule has 0 spiro atoms. The van der Waals surface area contributed by atoms with Gasteiger partial charge in [-0.05, 0) is 80.0 Å². The standard InChI is InChI=1S/C60H78N2O9/c1-9-40(7)50(56(66)31-44(29-48-36-61-51-19-14-13-18-49(48)51)54(64)32-46(59(70)38(4)5)27-43-23-21-39(6)22-24-43)35-57(67)52-20-15-25-62(52)60(71)47(28-42-16-11-10-12-17-42)33-55(65)45(34-58(68)69)30-53(63)41(8)26-37(2)3/h10-14,16-19,21-24,36-38,40-41,44-47,50,52,61H,9,15,20,25-35H2,1-8H3,(H,68,69)/t40?,41-,44-,45+,46+,47-,50+,52+/m0/s1. The number of amides is 1. The second kappa shape index (κ2) is 26.6. The first-order valence-electron chi connectivity index (χ1n) is 26.1. The van der Waals surface area contributed by atoms with Gasteiger partial charge < -0.3 is 15.0 Å². The highest BCUT2D eigenvalue weighted by molar-refractivity contribution is 5.98. The molecule has 1 aliphatic rings. The Balaban J connectivity index is 1.39. The molecule has 2 heterocycles. The molecule has 0 bridgehead atoms. The zero-order valence-electron chi connectivity index (χ0n) is 43.4. The van der Waals surface area contributed by atoms with Crippen LogP contribution >= 0.6 is 0 Å². The number of benzene rings is 3. The van der Waals surface area contributed by atoms with E-state index in [1.807, 2.05) is 134 Å². The van der Waals surface area contributed by atoms with Crippen molar-refractivity contribution in [3.8, 4) is 0 Å². The predicted octanol–water partition coefficient (Wildman–Crippen LogP) is 10.8. The van der Waals surface area contributed by atoms with Gasteiger partial charge >= 0.3 is 5.97 Å². The third-order valence-electron chi connectivity index (χ3n) is 15.0. The van der Waals surface area contributed by atoms with Crippen LogP contribution in [-0.4, -0.2) is 74.2 Å². The number of likely N-dealkylation sites (tertiary alicyclic amines) is 1. The molecule has 0 saturated carbocycles. The van der Waals surface area contributed by atoms with Gasteiger partial charge in [0.1, 0.15) is 28.9 Å². The molecule has 3 aromatic carbocycles. The highest BCUT2D eigenvalue weighted by Gasteiger charge is 2.41. The van der Waals surface area contributed by atoms with E-state index in [0.717, 1.165) is 33.2 Å². The van der Waals surface area contributed by atoms with Crippen LogP contribution in [0.3, 0.4) is 0 Å². The maximum Gasteiger partial charge on any atom is 0.304 e. The van der Waals surface area contributed by atoms with Crippen LogP contribution in [0.1, 0.15) is 135 Å². The van der Waals surface area contributed by atoms with Gasteiger partial charge in [-0.1, -0.05) is 133 Å². The number of fused-ring (bicyclic) bond motifs is 1. The van der Waals surface area contributed by atoms with Crippen LogP contribution < -0.4 is 0 Å². The van der Waals surface area contributed by atoms with Crippen molar-refractivity contribution in [3.63, 3.8) is 0 Å². The molecule has 0 radical (unpaired) electrons. The zero-order chi connectivity index (χ0) is 51.9. The summed E-state index contributed by atoms with van der Waals surface area (Å²) in [5.74, 6) is -7.61. The van der Waals surface area contributed by atoms with Crippen LogP contribution in [0.4, 0.5) is 0 Å². The number of aromatic nitrogens is 1. The molecular weight excluding hydrogens is 893 g/mol. The SMILES string of the molecule is CCC(C)[C@@H](CC(=O)[C@H]1CCCN1C(=O)[C@H](CC(=O)[C@@H](CC(=O)O)CC(=O)[C@@H](C)CC(C)C)Cc1ccccc1)C(=O)C[C@H](Cc1c[nH]c2ccccc12)C(=O)C[C@@H](Cc1ccc(C)cc1)C(=O)C(C)C. The van der Waals surface area contributed by atoms with E-state index in [1.54, 1.807) is 11.8 Å². The van der Waals surface area contributed by atoms with E-state index in [0.29, 0.717) is 32.1 Å². The van der Waals surface area contributed by atoms with Crippen LogP contribution in [0.15, 0.2) is 85.1 Å². The van der Waals surface area contributed by atoms with E-state index in [1.165, 1.54) is 0 Å². The number of ketones is 6. The fourth-order valence-electron chi connectivity index (χ4n) is 10.6. The molecule has 382 valence electrons. The third-order valence-corrected chi connectivity index (χ3v) is 15.0. The molecule has 1 amide bonds. The lowest BCUT2D eigenvalue weighted by molar-refractivity contribution is -0.145. The summed E-state index contributed by atoms with van der Waals surface area (Å²) in [6.07, 6.45) is 3.55. The molecule has 1 aliphatic heterocycles. The quantitative estimate of drug-likeness (QED) is 0.0515. The number of aryl methyl sites for hydroxylation is 1. The topological polar surface area (TPSA) is 176 Å². The Kier molecular flexibility index (Phi) is 21.0. The molecule has 5 rings (SSSR count). The van der Waals surface area contributed by atoms with E-state index in [-0.39, 0.29) is 104 Å². The average Bonchev–Trinajstić information content (AvgIpc) is 4.00. The number of carbonyl (C=O) groups excluding carboxylic acids is 7. The molecule has 0 aliphatic carbocycles. The average molecular weight is 971 g/mol. The summed E-state index contributed by atoms with van der Waals surface area (Å²) < 4.78 is 0. The number of hydrogen-bond donors (Lipinski definition) is 2. The van der Waals surface area contributed by atoms with Gasteiger partial charge in [-0.25, -0.2) is 0 Å². The lowest BCUT2D eigenvalue weighted by Crippen LogP contribution is -2.46. The fraction of sp³-hybridized carbons (Fsp3) is 0.533. The van der Waals surface area contributed by atoms with Gasteiger partial charge in [-0.3, -0.25) is 38.4 Å². The second-order valence-corrected chi connectivity index (χ2v) is 21.5. The number of aromatic amines is 1. The molecule has 8 atom stereocenters. The lowest BCUT2D eigenvalue weighted by atomic mass is 9.76. The van der Waals surface area contributed by atoms with Crippen molar-refractivity contribution in [2.45, 2.75) is 145 Å². The van der Waals surface area contributed by atoms with Gasteiger partial charge in [0.25, 0.3) is 0 Å². The lowest BCUT2D eigenvalue weighted by Gasteiger charge is -2.30. The number of nitrogens with one attached hydrogen (secondary N) is 1. The molecular formula is C60H78N2O9. The van der Waals surface area contributed by atoms with E-state index < -0.39 is 59.7 Å². The first-order valence-corrected chi connectivity index (χ1v) is 26.1. The summed E-state index contributed by atoms with van der Waals surface area (Å²) in [6.45, 7) is 15.6. The largest absolute Gasteiger partial charge is 0.481 e. The summed E-state index contributed by atoms with van der Waals surface area (Å²) in [6, 6.07) is 24.1. The number of H-pyrrole nitrogens is 1. The van der Waals surface area contributed by atoms with Gasteiger partial charge in [0.15, 0.2) is 5.78 Å². The first kappa shape index (κ1) is 56.1. The van der Waals surface area contributed by atoms with Gasteiger partial charge in [-0.15, -0.1) is 0 Å². The molecule has 71 heavy (non-hydrogen) atoms. The zero-order valence-corrected chi connectivity index (χ0v) is 43.4. The van der Waals surface area contributed by atoms with Crippen molar-refractivity contribution in [3.05, 3.63) is 107 Å². The Morgan fingerprint density at radius 1 is 0.648 bits per heavy atom. The molecule has 11 nitrogen and oxygen atoms in total. The number of rotatable bonds is 30. The van der Waals surface area contributed by atoms with Crippen LogP contribution in [0.25, 0.3) is 10.9 Å². The summed E-state index contributed by atoms with van der Waals surface area (Å²) in [7, 11) is 0. The fourth-order valence-corrected chi connectivity index (χ4v) is 10.6. The van der Waals surface area contributed by atoms with Gasteiger partial charge in [0.2, 0.25) is 5.91 Å². The van der Waals surface area contributed by atoms with Crippen molar-refractivity contribution >= 4 is 57.5 Å². The van der Waals surface area contributed by atoms with E-state index in [9.17, 15) is 43.5 Å². The van der Waals surface area contributed by atoms with Crippen LogP contribution in [0.2, 0.25) is 0 Å². The number of para-hydroxylation sites is 1. The molecule has 1 aromatic heterocycles. The van der Waals surface area contributed by atoms with Crippen molar-refractivity contribution in [2.24, 2.45) is 53.3 Å². The Morgan fingerprint density at radius 3 is 1.89 bits per heavy atom. The highest BCUT2D eigenvalue weighted by atomic mass is 16.4. The number of carboxylic acids is 1. The minimum atomic E-state index is -1.20. The number of aliphatic carboxylic acids is 1. The number of hydrogen-bond acceptors (Lipinski definition) is 8. The Hall–Kier alpha value is -5.84. The van der Waals surface area contributed by atoms with Crippen LogP contribution in [0, 0.1) is 60.2 Å². The van der Waals surface area contributed by atoms with E-state index >= 15 is 0 Å². The minimum absolute atomic E-state index is 0.00729. The molecule has 11 heteroatoms. The van der Waals surface area contributed by atoms with E-state index in [4.69, 9.17) is 0 Å². The van der Waals surface area contributed by atoms with Crippen molar-refractivity contribution in [2.75, 3.05) is 6.54 Å². The molecule has 1 fully saturated rings. The summed E-state index contributed by atoms with van der Waals surface area (Å²) in [5, 5.41) is 10.8. The third kappa shape index (κ3) is 16.1. The van der Waals surface area contributed by atoms with Crippen molar-refractivity contribution in [1.29, 1.82) is 0 Å². The number of carbonyl (C=O) groups is 8. The Morgan fingerprint density at radius 2 is 1.24 bits per heavy atom. The molecule has 4 aromatic rings. The molecule has 1 saturated heterocycles. The highest BCUT2D eigenvalue weighted by Crippen LogP contribution is 2.33. The van der Waals surface area contributed by atoms with Crippen LogP contribution in [0.5, 0.6) is 0 Å². The first-order chi connectivity index (χ1) is 33.8. The minimum Gasteiger partial charge on any atom is -0.481 e. The van der Waals surface area contributed by atoms with Gasteiger partial charge in [0, 0.05) is 97.2 Å². The molecule has 1 unspecified atom stereocenters. The van der Waals surface area contributed by atoms with Crippen molar-refractivity contribution in [1.82, 2.24) is 9.88 Å². The normalized spacial score (nSPS) is 16.8. The number of nitrogens with zero attached hydrogens (tertiary/aromatic N) is 1. The van der Waals surface area contributed by atoms with Crippen LogP contribution in [-0.2, 0) is 57.6 Å². The Bertz CT molecular complexity index is 2470. The van der Waals surface area contributed by atoms with Crippen molar-refractivity contribution < 1.29 is 43.5 Å². The predicted molar refractivity (Wildman–Crippen MR) is 278 cm³/mol. The van der Waals surface area contributed by atoms with E-state index in [2.05, 4.69) is 4.98 Å². The summed E-state index contributed by atoms with van der Waals surface area (Å²) >= 11 is 0. The van der Waals surface area contributed by atoms with Gasteiger partial charge in [0.05, 0.1) is 12.5 Å². The molecule has 2 N–H and O–H groups in total. The number of carboxylic acid groups (broad SMARTS) is 1. The summed E-state index contributed by atoms with van der Waals surface area (Å²) in [4.78, 5) is 117. The smallest absolute Gasteiger partial charge is 0.304 e. The monoisotopic (exact) mass is 971 g/mol. The summed E-state index contributed by atoms with van der Waals surface area (Å²) in [5.41, 5.74) is 4.64. The second-order valence-electron chi connectivity index (χ2n) is 21.5. The maximum atomic E-state index is 14.8.